The van der Waals surface area contributed by atoms with Gasteiger partial charge in [-0.2, -0.15) is 5.10 Å². The van der Waals surface area contributed by atoms with Crippen LogP contribution in [0.1, 0.15) is 19.8 Å². The van der Waals surface area contributed by atoms with Crippen LogP contribution in [0.25, 0.3) is 0 Å². The standard InChI is InChI=1S/C10H18N4O/c1-8(5-11)3-4-10(15)13-9-6-12-14(2)7-9/h6-8H,3-5,11H2,1-2H3,(H,13,15). The van der Waals surface area contributed by atoms with Gasteiger partial charge in [0.05, 0.1) is 11.9 Å². The van der Waals surface area contributed by atoms with Crippen LogP contribution < -0.4 is 11.1 Å². The van der Waals surface area contributed by atoms with Gasteiger partial charge in [-0.25, -0.2) is 0 Å². The maximum absolute atomic E-state index is 11.5. The highest BCUT2D eigenvalue weighted by Gasteiger charge is 2.06. The van der Waals surface area contributed by atoms with Crippen LogP contribution in [-0.4, -0.2) is 22.2 Å². The molecular weight excluding hydrogens is 192 g/mol. The van der Waals surface area contributed by atoms with Crippen LogP contribution in [0.4, 0.5) is 5.69 Å². The Balaban J connectivity index is 2.30. The molecule has 0 aliphatic heterocycles. The molecule has 0 bridgehead atoms. The fraction of sp³-hybridized carbons (Fsp3) is 0.600. The second kappa shape index (κ2) is 5.50. The van der Waals surface area contributed by atoms with E-state index in [1.165, 1.54) is 0 Å². The average Bonchev–Trinajstić information content (AvgIpc) is 2.60. The van der Waals surface area contributed by atoms with Crippen LogP contribution in [0.2, 0.25) is 0 Å². The van der Waals surface area contributed by atoms with Crippen molar-refractivity contribution in [3.05, 3.63) is 12.4 Å². The first-order valence-electron chi connectivity index (χ1n) is 5.10. The van der Waals surface area contributed by atoms with E-state index in [1.54, 1.807) is 17.1 Å². The summed E-state index contributed by atoms with van der Waals surface area (Å²) < 4.78 is 1.65. The Labute approximate surface area is 89.6 Å². The van der Waals surface area contributed by atoms with Gasteiger partial charge in [-0.1, -0.05) is 6.92 Å². The molecule has 0 saturated carbocycles. The maximum Gasteiger partial charge on any atom is 0.224 e. The first-order valence-corrected chi connectivity index (χ1v) is 5.10. The van der Waals surface area contributed by atoms with Gasteiger partial charge in [-0.3, -0.25) is 9.48 Å². The molecule has 1 aromatic rings. The molecule has 1 rings (SSSR count). The molecule has 1 amide bonds. The number of carbonyl (C=O) groups is 1. The summed E-state index contributed by atoms with van der Waals surface area (Å²) in [5, 5.41) is 6.74. The number of anilines is 1. The molecule has 1 aromatic heterocycles. The Bertz CT molecular complexity index is 321. The number of nitrogens with two attached hydrogens (primary N) is 1. The molecule has 0 aliphatic carbocycles. The van der Waals surface area contributed by atoms with Crippen molar-refractivity contribution in [2.75, 3.05) is 11.9 Å². The minimum atomic E-state index is 0.0169. The third-order valence-corrected chi connectivity index (χ3v) is 2.26. The van der Waals surface area contributed by atoms with E-state index in [2.05, 4.69) is 10.4 Å². The molecule has 84 valence electrons. The van der Waals surface area contributed by atoms with Crippen LogP contribution in [0.3, 0.4) is 0 Å². The predicted molar refractivity (Wildman–Crippen MR) is 59.3 cm³/mol. The Morgan fingerprint density at radius 3 is 3.00 bits per heavy atom. The quantitative estimate of drug-likeness (QED) is 0.752. The fourth-order valence-corrected chi connectivity index (χ4v) is 1.20. The first kappa shape index (κ1) is 11.7. The van der Waals surface area contributed by atoms with Gasteiger partial charge < -0.3 is 11.1 Å². The summed E-state index contributed by atoms with van der Waals surface area (Å²) in [4.78, 5) is 11.5. The minimum Gasteiger partial charge on any atom is -0.330 e. The zero-order chi connectivity index (χ0) is 11.3. The van der Waals surface area contributed by atoms with Gasteiger partial charge in [0.25, 0.3) is 0 Å². The molecular formula is C10H18N4O. The number of carbonyl (C=O) groups excluding carboxylic acids is 1. The van der Waals surface area contributed by atoms with Crippen molar-refractivity contribution in [3.8, 4) is 0 Å². The zero-order valence-electron chi connectivity index (χ0n) is 9.23. The first-order chi connectivity index (χ1) is 7.11. The Morgan fingerprint density at radius 1 is 1.73 bits per heavy atom. The number of aryl methyl sites for hydroxylation is 1. The smallest absolute Gasteiger partial charge is 0.224 e. The van der Waals surface area contributed by atoms with Gasteiger partial charge in [-0.05, 0) is 18.9 Å². The molecule has 1 atom stereocenters. The van der Waals surface area contributed by atoms with Crippen LogP contribution in [0, 0.1) is 5.92 Å². The van der Waals surface area contributed by atoms with Crippen LogP contribution in [-0.2, 0) is 11.8 Å². The van der Waals surface area contributed by atoms with Crippen molar-refractivity contribution in [1.29, 1.82) is 0 Å². The molecule has 0 aliphatic rings. The van der Waals surface area contributed by atoms with Gasteiger partial charge in [0.1, 0.15) is 0 Å². The SMILES string of the molecule is CC(CN)CCC(=O)Nc1cnn(C)c1. The molecule has 1 heterocycles. The number of hydrogen-bond donors (Lipinski definition) is 2. The highest BCUT2D eigenvalue weighted by Crippen LogP contribution is 2.07. The topological polar surface area (TPSA) is 72.9 Å². The summed E-state index contributed by atoms with van der Waals surface area (Å²) in [5.41, 5.74) is 6.21. The molecule has 5 nitrogen and oxygen atoms in total. The third kappa shape index (κ3) is 4.12. The van der Waals surface area contributed by atoms with E-state index < -0.39 is 0 Å². The summed E-state index contributed by atoms with van der Waals surface area (Å²) in [6.45, 7) is 2.66. The summed E-state index contributed by atoms with van der Waals surface area (Å²) in [7, 11) is 1.81. The number of hydrogen-bond acceptors (Lipinski definition) is 3. The van der Waals surface area contributed by atoms with E-state index in [9.17, 15) is 4.79 Å². The van der Waals surface area contributed by atoms with Crippen molar-refractivity contribution in [1.82, 2.24) is 9.78 Å². The summed E-state index contributed by atoms with van der Waals surface area (Å²) in [6, 6.07) is 0. The zero-order valence-corrected chi connectivity index (χ0v) is 9.23. The van der Waals surface area contributed by atoms with Crippen molar-refractivity contribution >= 4 is 11.6 Å². The second-order valence-corrected chi connectivity index (χ2v) is 3.83. The molecule has 0 aromatic carbocycles. The number of rotatable bonds is 5. The average molecular weight is 210 g/mol. The van der Waals surface area contributed by atoms with Gasteiger partial charge in [0.15, 0.2) is 0 Å². The molecule has 5 heteroatoms. The van der Waals surface area contributed by atoms with Gasteiger partial charge in [-0.15, -0.1) is 0 Å². The molecule has 15 heavy (non-hydrogen) atoms. The maximum atomic E-state index is 11.5. The van der Waals surface area contributed by atoms with E-state index >= 15 is 0 Å². The molecule has 0 fully saturated rings. The largest absolute Gasteiger partial charge is 0.330 e. The highest BCUT2D eigenvalue weighted by molar-refractivity contribution is 5.90. The van der Waals surface area contributed by atoms with E-state index in [0.29, 0.717) is 18.9 Å². The lowest BCUT2D eigenvalue weighted by Crippen LogP contribution is -2.16. The number of aromatic nitrogens is 2. The van der Waals surface area contributed by atoms with E-state index in [4.69, 9.17) is 5.73 Å². The van der Waals surface area contributed by atoms with E-state index in [1.807, 2.05) is 14.0 Å². The lowest BCUT2D eigenvalue weighted by atomic mass is 10.1. The summed E-state index contributed by atoms with van der Waals surface area (Å²) in [6.07, 6.45) is 4.73. The van der Waals surface area contributed by atoms with Gasteiger partial charge in [0, 0.05) is 19.7 Å². The molecule has 0 saturated heterocycles. The summed E-state index contributed by atoms with van der Waals surface area (Å²) >= 11 is 0. The molecule has 3 N–H and O–H groups in total. The monoisotopic (exact) mass is 210 g/mol. The molecule has 0 spiro atoms. The Kier molecular flexibility index (Phi) is 4.30. The van der Waals surface area contributed by atoms with Crippen molar-refractivity contribution in [3.63, 3.8) is 0 Å². The fourth-order valence-electron chi connectivity index (χ4n) is 1.20. The van der Waals surface area contributed by atoms with Gasteiger partial charge >= 0.3 is 0 Å². The van der Waals surface area contributed by atoms with Crippen molar-refractivity contribution in [2.24, 2.45) is 18.7 Å². The molecule has 1 unspecified atom stereocenters. The Morgan fingerprint density at radius 2 is 2.47 bits per heavy atom. The lowest BCUT2D eigenvalue weighted by molar-refractivity contribution is -0.116. The van der Waals surface area contributed by atoms with Crippen molar-refractivity contribution < 1.29 is 4.79 Å². The predicted octanol–water partition coefficient (Wildman–Crippen LogP) is 0.734. The summed E-state index contributed by atoms with van der Waals surface area (Å²) in [5.74, 6) is 0.410. The van der Waals surface area contributed by atoms with Crippen LogP contribution in [0.5, 0.6) is 0 Å². The number of nitrogens with zero attached hydrogens (tertiary/aromatic N) is 2. The third-order valence-electron chi connectivity index (χ3n) is 2.26. The van der Waals surface area contributed by atoms with Crippen LogP contribution >= 0.6 is 0 Å². The van der Waals surface area contributed by atoms with E-state index in [-0.39, 0.29) is 5.91 Å². The highest BCUT2D eigenvalue weighted by atomic mass is 16.1. The molecule has 0 radical (unpaired) electrons. The number of amides is 1. The second-order valence-electron chi connectivity index (χ2n) is 3.83. The van der Waals surface area contributed by atoms with Crippen molar-refractivity contribution in [2.45, 2.75) is 19.8 Å². The van der Waals surface area contributed by atoms with E-state index in [0.717, 1.165) is 12.1 Å². The number of nitrogens with one attached hydrogen (secondary N) is 1. The normalized spacial score (nSPS) is 12.5. The Hall–Kier alpha value is -1.36. The minimum absolute atomic E-state index is 0.0169. The van der Waals surface area contributed by atoms with Crippen LogP contribution in [0.15, 0.2) is 12.4 Å². The lowest BCUT2D eigenvalue weighted by Gasteiger charge is -2.07. The van der Waals surface area contributed by atoms with Gasteiger partial charge in [0.2, 0.25) is 5.91 Å².